The number of hydrogen-bond donors (Lipinski definition) is 2. The Bertz CT molecular complexity index is 975. The second kappa shape index (κ2) is 9.92. The van der Waals surface area contributed by atoms with Gasteiger partial charge in [-0.05, 0) is 73.7 Å². The van der Waals surface area contributed by atoms with Crippen molar-refractivity contribution in [2.75, 3.05) is 12.4 Å². The molecule has 2 saturated carbocycles. The second-order valence-corrected chi connectivity index (χ2v) is 9.15. The van der Waals surface area contributed by atoms with Gasteiger partial charge < -0.3 is 20.7 Å². The van der Waals surface area contributed by atoms with Gasteiger partial charge in [0.05, 0.1) is 7.11 Å². The summed E-state index contributed by atoms with van der Waals surface area (Å²) in [5.41, 5.74) is 8.54. The number of ether oxygens (including phenoxy) is 1. The van der Waals surface area contributed by atoms with Gasteiger partial charge in [-0.2, -0.15) is 0 Å². The van der Waals surface area contributed by atoms with Crippen molar-refractivity contribution in [2.24, 2.45) is 11.7 Å². The maximum absolute atomic E-state index is 13.6. The zero-order valence-electron chi connectivity index (χ0n) is 18.4. The summed E-state index contributed by atoms with van der Waals surface area (Å²) in [6.45, 7) is 0.329. The molecule has 2 aliphatic carbocycles. The van der Waals surface area contributed by atoms with Crippen molar-refractivity contribution in [1.29, 1.82) is 0 Å². The van der Waals surface area contributed by atoms with Crippen molar-refractivity contribution >= 4 is 29.1 Å². The fourth-order valence-corrected chi connectivity index (χ4v) is 4.49. The molecule has 6 nitrogen and oxygen atoms in total. The highest BCUT2D eigenvalue weighted by molar-refractivity contribution is 6.31. The normalized spacial score (nSPS) is 20.5. The standard InChI is InChI=1S/C25H30ClN3O3/c1-32-20-11-8-17(9-12-20)25(31)29(23-5-3-2-4-22(23)27)15-18-14-19(10-13-21(18)26)28-24(30)16-6-7-16/h8-14,16,22-23H,2-7,15,27H2,1H3,(H,28,30). The molecule has 170 valence electrons. The van der Waals surface area contributed by atoms with Crippen molar-refractivity contribution in [3.05, 3.63) is 58.6 Å². The van der Waals surface area contributed by atoms with Gasteiger partial charge in [-0.25, -0.2) is 0 Å². The smallest absolute Gasteiger partial charge is 0.254 e. The van der Waals surface area contributed by atoms with Gasteiger partial charge in [-0.15, -0.1) is 0 Å². The summed E-state index contributed by atoms with van der Waals surface area (Å²) >= 11 is 6.52. The molecule has 0 heterocycles. The summed E-state index contributed by atoms with van der Waals surface area (Å²) in [4.78, 5) is 27.6. The van der Waals surface area contributed by atoms with Gasteiger partial charge in [-0.3, -0.25) is 9.59 Å². The van der Waals surface area contributed by atoms with E-state index in [4.69, 9.17) is 22.1 Å². The molecule has 2 fully saturated rings. The van der Waals surface area contributed by atoms with E-state index in [9.17, 15) is 9.59 Å². The number of hydrogen-bond acceptors (Lipinski definition) is 4. The Morgan fingerprint density at radius 2 is 1.81 bits per heavy atom. The Labute approximate surface area is 194 Å². The lowest BCUT2D eigenvalue weighted by Gasteiger charge is -2.38. The number of nitrogens with two attached hydrogens (primary N) is 1. The van der Waals surface area contributed by atoms with Crippen LogP contribution in [-0.4, -0.2) is 35.9 Å². The van der Waals surface area contributed by atoms with Crippen LogP contribution in [0.1, 0.15) is 54.4 Å². The number of nitrogens with zero attached hydrogens (tertiary/aromatic N) is 1. The van der Waals surface area contributed by atoms with Crippen LogP contribution in [-0.2, 0) is 11.3 Å². The van der Waals surface area contributed by atoms with Crippen LogP contribution in [0, 0.1) is 5.92 Å². The molecule has 2 amide bonds. The van der Waals surface area contributed by atoms with Crippen LogP contribution in [0.2, 0.25) is 5.02 Å². The first-order valence-electron chi connectivity index (χ1n) is 11.3. The molecule has 2 atom stereocenters. The first kappa shape index (κ1) is 22.6. The molecule has 0 bridgehead atoms. The number of rotatable bonds is 7. The van der Waals surface area contributed by atoms with Crippen LogP contribution in [0.4, 0.5) is 5.69 Å². The predicted octanol–water partition coefficient (Wildman–Crippen LogP) is 4.61. The molecule has 0 aliphatic heterocycles. The molecule has 4 rings (SSSR count). The lowest BCUT2D eigenvalue weighted by molar-refractivity contribution is -0.117. The zero-order chi connectivity index (χ0) is 22.7. The number of carbonyl (C=O) groups is 2. The van der Waals surface area contributed by atoms with Crippen molar-refractivity contribution in [3.8, 4) is 5.75 Å². The van der Waals surface area contributed by atoms with Crippen molar-refractivity contribution < 1.29 is 14.3 Å². The highest BCUT2D eigenvalue weighted by Crippen LogP contribution is 2.32. The van der Waals surface area contributed by atoms with Crippen LogP contribution in [0.15, 0.2) is 42.5 Å². The number of anilines is 1. The quantitative estimate of drug-likeness (QED) is 0.638. The first-order valence-corrected chi connectivity index (χ1v) is 11.6. The number of halogens is 1. The number of methoxy groups -OCH3 is 1. The third kappa shape index (κ3) is 5.25. The monoisotopic (exact) mass is 455 g/mol. The first-order chi connectivity index (χ1) is 15.5. The summed E-state index contributed by atoms with van der Waals surface area (Å²) in [5, 5.41) is 3.53. The van der Waals surface area contributed by atoms with Gasteiger partial charge >= 0.3 is 0 Å². The Balaban J connectivity index is 1.60. The number of amides is 2. The van der Waals surface area contributed by atoms with E-state index in [-0.39, 0.29) is 29.8 Å². The third-order valence-electron chi connectivity index (χ3n) is 6.38. The zero-order valence-corrected chi connectivity index (χ0v) is 19.1. The summed E-state index contributed by atoms with van der Waals surface area (Å²) in [6.07, 6.45) is 5.74. The predicted molar refractivity (Wildman–Crippen MR) is 126 cm³/mol. The largest absolute Gasteiger partial charge is 0.497 e. The van der Waals surface area contributed by atoms with E-state index < -0.39 is 0 Å². The molecule has 2 aromatic rings. The number of nitrogens with one attached hydrogen (secondary N) is 1. The molecule has 32 heavy (non-hydrogen) atoms. The van der Waals surface area contributed by atoms with Gasteiger partial charge in [0.1, 0.15) is 5.75 Å². The maximum atomic E-state index is 13.6. The summed E-state index contributed by atoms with van der Waals surface area (Å²) in [6, 6.07) is 12.4. The molecule has 3 N–H and O–H groups in total. The SMILES string of the molecule is COc1ccc(C(=O)N(Cc2cc(NC(=O)C3CC3)ccc2Cl)C2CCCCC2N)cc1. The molecule has 2 unspecified atom stereocenters. The van der Waals surface area contributed by atoms with Crippen molar-refractivity contribution in [2.45, 2.75) is 57.2 Å². The van der Waals surface area contributed by atoms with Gasteiger partial charge in [0.2, 0.25) is 5.91 Å². The summed E-state index contributed by atoms with van der Waals surface area (Å²) < 4.78 is 5.22. The van der Waals surface area contributed by atoms with Crippen molar-refractivity contribution in [1.82, 2.24) is 4.90 Å². The van der Waals surface area contributed by atoms with E-state index in [0.29, 0.717) is 28.6 Å². The highest BCUT2D eigenvalue weighted by atomic mass is 35.5. The minimum atomic E-state index is -0.0847. The van der Waals surface area contributed by atoms with E-state index in [1.807, 2.05) is 11.0 Å². The Morgan fingerprint density at radius 3 is 2.47 bits per heavy atom. The number of benzene rings is 2. The Kier molecular flexibility index (Phi) is 7.01. The molecule has 2 aromatic carbocycles. The summed E-state index contributed by atoms with van der Waals surface area (Å²) in [5.74, 6) is 0.768. The lowest BCUT2D eigenvalue weighted by Crippen LogP contribution is -2.51. The van der Waals surface area contributed by atoms with E-state index in [1.54, 1.807) is 43.5 Å². The van der Waals surface area contributed by atoms with Crippen LogP contribution >= 0.6 is 11.6 Å². The molecule has 0 spiro atoms. The van der Waals surface area contributed by atoms with E-state index >= 15 is 0 Å². The summed E-state index contributed by atoms with van der Waals surface area (Å²) in [7, 11) is 1.60. The topological polar surface area (TPSA) is 84.7 Å². The Morgan fingerprint density at radius 1 is 1.09 bits per heavy atom. The molecule has 0 saturated heterocycles. The average molecular weight is 456 g/mol. The van der Waals surface area contributed by atoms with Gasteiger partial charge in [0.25, 0.3) is 5.91 Å². The van der Waals surface area contributed by atoms with Crippen LogP contribution in [0.3, 0.4) is 0 Å². The highest BCUT2D eigenvalue weighted by Gasteiger charge is 2.32. The van der Waals surface area contributed by atoms with Gasteiger partial charge in [-0.1, -0.05) is 24.4 Å². The lowest BCUT2D eigenvalue weighted by atomic mass is 9.89. The average Bonchev–Trinajstić information content (AvgIpc) is 3.65. The van der Waals surface area contributed by atoms with E-state index in [0.717, 1.165) is 44.1 Å². The minimum absolute atomic E-state index is 0.0405. The number of carbonyl (C=O) groups excluding carboxylic acids is 2. The molecular formula is C25H30ClN3O3. The van der Waals surface area contributed by atoms with E-state index in [2.05, 4.69) is 5.32 Å². The molecule has 7 heteroatoms. The second-order valence-electron chi connectivity index (χ2n) is 8.75. The molecule has 0 radical (unpaired) electrons. The van der Waals surface area contributed by atoms with E-state index in [1.165, 1.54) is 0 Å². The molecule has 2 aliphatic rings. The maximum Gasteiger partial charge on any atom is 0.254 e. The molecule has 0 aromatic heterocycles. The fraction of sp³-hybridized carbons (Fsp3) is 0.440. The van der Waals surface area contributed by atoms with Crippen LogP contribution in [0.5, 0.6) is 5.75 Å². The van der Waals surface area contributed by atoms with Crippen molar-refractivity contribution in [3.63, 3.8) is 0 Å². The van der Waals surface area contributed by atoms with Crippen LogP contribution < -0.4 is 15.8 Å². The van der Waals surface area contributed by atoms with Gasteiger partial charge in [0, 0.05) is 40.8 Å². The third-order valence-corrected chi connectivity index (χ3v) is 6.75. The molecular weight excluding hydrogens is 426 g/mol. The van der Waals surface area contributed by atoms with Crippen LogP contribution in [0.25, 0.3) is 0 Å². The fourth-order valence-electron chi connectivity index (χ4n) is 4.31. The minimum Gasteiger partial charge on any atom is -0.497 e. The van der Waals surface area contributed by atoms with Gasteiger partial charge in [0.15, 0.2) is 0 Å². The Hall–Kier alpha value is -2.57.